The van der Waals surface area contributed by atoms with Crippen molar-refractivity contribution >= 4 is 0 Å². The Labute approximate surface area is 86.2 Å². The third-order valence-electron chi connectivity index (χ3n) is 3.25. The third kappa shape index (κ3) is 2.45. The van der Waals surface area contributed by atoms with Gasteiger partial charge in [-0.2, -0.15) is 0 Å². The lowest BCUT2D eigenvalue weighted by Gasteiger charge is -2.41. The van der Waals surface area contributed by atoms with E-state index in [1.807, 2.05) is 0 Å². The van der Waals surface area contributed by atoms with Crippen LogP contribution in [-0.2, 0) is 4.74 Å². The Hall–Kier alpha value is -0.160. The second-order valence-corrected chi connectivity index (χ2v) is 4.07. The molecule has 0 saturated carbocycles. The molecule has 1 N–H and O–H groups in total. The summed E-state index contributed by atoms with van der Waals surface area (Å²) in [6.07, 6.45) is 0.584. The van der Waals surface area contributed by atoms with Crippen molar-refractivity contribution in [3.63, 3.8) is 0 Å². The molecular weight excluding hydrogens is 178 g/mol. The number of ether oxygens (including phenoxy) is 1. The van der Waals surface area contributed by atoms with Gasteiger partial charge in [0.1, 0.15) is 0 Å². The van der Waals surface area contributed by atoms with Crippen molar-refractivity contribution in [1.82, 2.24) is 15.1 Å². The second kappa shape index (κ2) is 5.07. The number of hydrogen-bond acceptors (Lipinski definition) is 4. The van der Waals surface area contributed by atoms with E-state index < -0.39 is 0 Å². The summed E-state index contributed by atoms with van der Waals surface area (Å²) >= 11 is 0. The molecule has 0 aromatic carbocycles. The Kier molecular flexibility index (Phi) is 3.75. The molecule has 0 amide bonds. The fourth-order valence-electron chi connectivity index (χ4n) is 2.24. The normalized spacial score (nSPS) is 28.9. The van der Waals surface area contributed by atoms with E-state index in [9.17, 15) is 0 Å². The van der Waals surface area contributed by atoms with Crippen LogP contribution < -0.4 is 5.32 Å². The largest absolute Gasteiger partial charge is 0.379 e. The van der Waals surface area contributed by atoms with Gasteiger partial charge in [-0.15, -0.1) is 0 Å². The molecule has 0 aromatic rings. The van der Waals surface area contributed by atoms with Crippen LogP contribution in [0, 0.1) is 0 Å². The molecule has 2 aliphatic heterocycles. The number of rotatable bonds is 2. The van der Waals surface area contributed by atoms with E-state index in [0.717, 1.165) is 39.4 Å². The molecule has 14 heavy (non-hydrogen) atoms. The van der Waals surface area contributed by atoms with Crippen LogP contribution >= 0.6 is 0 Å². The van der Waals surface area contributed by atoms with Gasteiger partial charge in [0.25, 0.3) is 0 Å². The molecule has 0 aliphatic carbocycles. The summed E-state index contributed by atoms with van der Waals surface area (Å²) in [4.78, 5) is 5.08. The van der Waals surface area contributed by atoms with Crippen LogP contribution in [0.3, 0.4) is 0 Å². The standard InChI is InChI=1S/C10H21N3O/c1-10(12-4-2-11-3-5-12)13-6-8-14-9-7-13/h10-11H,2-9H2,1H3. The molecule has 1 unspecified atom stereocenters. The SMILES string of the molecule is CC(N1CCNCC1)N1CCOCC1. The molecule has 0 aromatic heterocycles. The van der Waals surface area contributed by atoms with Gasteiger partial charge in [-0.05, 0) is 6.92 Å². The molecular formula is C10H21N3O. The summed E-state index contributed by atoms with van der Waals surface area (Å²) in [7, 11) is 0. The van der Waals surface area contributed by atoms with E-state index in [1.54, 1.807) is 0 Å². The Bertz CT molecular complexity index is 147. The predicted octanol–water partition coefficient (Wildman–Crippen LogP) is -0.430. The number of hydrogen-bond donors (Lipinski definition) is 1. The Morgan fingerprint density at radius 2 is 1.57 bits per heavy atom. The summed E-state index contributed by atoms with van der Waals surface area (Å²) in [6.45, 7) is 10.9. The topological polar surface area (TPSA) is 27.7 Å². The van der Waals surface area contributed by atoms with Crippen LogP contribution in [-0.4, -0.2) is 68.4 Å². The van der Waals surface area contributed by atoms with Crippen molar-refractivity contribution in [3.05, 3.63) is 0 Å². The molecule has 2 heterocycles. The number of nitrogens with zero attached hydrogens (tertiary/aromatic N) is 2. The fourth-order valence-corrected chi connectivity index (χ4v) is 2.24. The number of nitrogens with one attached hydrogen (secondary N) is 1. The van der Waals surface area contributed by atoms with Crippen LogP contribution in [0.15, 0.2) is 0 Å². The van der Waals surface area contributed by atoms with E-state index in [0.29, 0.717) is 6.17 Å². The zero-order valence-corrected chi connectivity index (χ0v) is 9.04. The average molecular weight is 199 g/mol. The highest BCUT2D eigenvalue weighted by molar-refractivity contribution is 4.75. The fraction of sp³-hybridized carbons (Fsp3) is 1.00. The molecule has 4 nitrogen and oxygen atoms in total. The lowest BCUT2D eigenvalue weighted by atomic mass is 10.3. The molecule has 2 rings (SSSR count). The van der Waals surface area contributed by atoms with Gasteiger partial charge in [-0.25, -0.2) is 0 Å². The van der Waals surface area contributed by atoms with Crippen molar-refractivity contribution in [2.24, 2.45) is 0 Å². The van der Waals surface area contributed by atoms with E-state index in [1.165, 1.54) is 13.1 Å². The second-order valence-electron chi connectivity index (χ2n) is 4.07. The summed E-state index contributed by atoms with van der Waals surface area (Å²) in [6, 6.07) is 0. The van der Waals surface area contributed by atoms with Crippen LogP contribution in [0.4, 0.5) is 0 Å². The Morgan fingerprint density at radius 3 is 2.21 bits per heavy atom. The average Bonchev–Trinajstić information content (AvgIpc) is 2.30. The van der Waals surface area contributed by atoms with Crippen molar-refractivity contribution in [1.29, 1.82) is 0 Å². The van der Waals surface area contributed by atoms with E-state index in [2.05, 4.69) is 22.0 Å². The van der Waals surface area contributed by atoms with Gasteiger partial charge < -0.3 is 10.1 Å². The van der Waals surface area contributed by atoms with Crippen LogP contribution in [0.5, 0.6) is 0 Å². The minimum absolute atomic E-state index is 0.584. The molecule has 2 fully saturated rings. The van der Waals surface area contributed by atoms with Crippen LogP contribution in [0.1, 0.15) is 6.92 Å². The molecule has 1 atom stereocenters. The molecule has 2 aliphatic rings. The van der Waals surface area contributed by atoms with Crippen molar-refractivity contribution in [3.8, 4) is 0 Å². The first-order valence-corrected chi connectivity index (χ1v) is 5.64. The maximum atomic E-state index is 5.36. The minimum atomic E-state index is 0.584. The maximum Gasteiger partial charge on any atom is 0.0595 e. The highest BCUT2D eigenvalue weighted by Gasteiger charge is 2.23. The molecule has 4 heteroatoms. The summed E-state index contributed by atoms with van der Waals surface area (Å²) < 4.78 is 5.36. The molecule has 0 spiro atoms. The van der Waals surface area contributed by atoms with E-state index in [-0.39, 0.29) is 0 Å². The number of morpholine rings is 1. The zero-order valence-electron chi connectivity index (χ0n) is 9.04. The smallest absolute Gasteiger partial charge is 0.0595 e. The van der Waals surface area contributed by atoms with Gasteiger partial charge in [0.15, 0.2) is 0 Å². The van der Waals surface area contributed by atoms with Crippen molar-refractivity contribution in [2.75, 3.05) is 52.5 Å². The molecule has 0 bridgehead atoms. The monoisotopic (exact) mass is 199 g/mol. The zero-order chi connectivity index (χ0) is 9.80. The summed E-state index contributed by atoms with van der Waals surface area (Å²) in [5, 5.41) is 3.39. The van der Waals surface area contributed by atoms with Crippen molar-refractivity contribution in [2.45, 2.75) is 13.1 Å². The quantitative estimate of drug-likeness (QED) is 0.653. The van der Waals surface area contributed by atoms with Gasteiger partial charge in [-0.3, -0.25) is 9.80 Å². The Morgan fingerprint density at radius 1 is 1.00 bits per heavy atom. The first-order valence-electron chi connectivity index (χ1n) is 5.64. The van der Waals surface area contributed by atoms with Gasteiger partial charge in [0.05, 0.1) is 19.4 Å². The highest BCUT2D eigenvalue weighted by atomic mass is 16.5. The molecule has 82 valence electrons. The van der Waals surface area contributed by atoms with E-state index >= 15 is 0 Å². The minimum Gasteiger partial charge on any atom is -0.379 e. The molecule has 0 radical (unpaired) electrons. The first kappa shape index (κ1) is 10.4. The van der Waals surface area contributed by atoms with Gasteiger partial charge in [0.2, 0.25) is 0 Å². The molecule has 2 saturated heterocycles. The predicted molar refractivity (Wildman–Crippen MR) is 56.3 cm³/mol. The lowest BCUT2D eigenvalue weighted by molar-refractivity contribution is -0.0294. The van der Waals surface area contributed by atoms with Crippen LogP contribution in [0.25, 0.3) is 0 Å². The van der Waals surface area contributed by atoms with E-state index in [4.69, 9.17) is 4.74 Å². The third-order valence-corrected chi connectivity index (χ3v) is 3.25. The van der Waals surface area contributed by atoms with Gasteiger partial charge in [0, 0.05) is 39.3 Å². The lowest BCUT2D eigenvalue weighted by Crippen LogP contribution is -2.55. The summed E-state index contributed by atoms with van der Waals surface area (Å²) in [5.41, 5.74) is 0. The van der Waals surface area contributed by atoms with Crippen LogP contribution in [0.2, 0.25) is 0 Å². The maximum absolute atomic E-state index is 5.36. The van der Waals surface area contributed by atoms with Gasteiger partial charge >= 0.3 is 0 Å². The Balaban J connectivity index is 1.82. The number of piperazine rings is 1. The van der Waals surface area contributed by atoms with Gasteiger partial charge in [-0.1, -0.05) is 0 Å². The first-order chi connectivity index (χ1) is 6.88. The van der Waals surface area contributed by atoms with Crippen molar-refractivity contribution < 1.29 is 4.74 Å². The highest BCUT2D eigenvalue weighted by Crippen LogP contribution is 2.09. The summed E-state index contributed by atoms with van der Waals surface area (Å²) in [5.74, 6) is 0.